The fourth-order valence-electron chi connectivity index (χ4n) is 1.49. The van der Waals surface area contributed by atoms with E-state index < -0.39 is 5.91 Å². The zero-order valence-corrected chi connectivity index (χ0v) is 9.45. The molecule has 0 aliphatic heterocycles. The van der Waals surface area contributed by atoms with Gasteiger partial charge in [0.15, 0.2) is 0 Å². The Morgan fingerprint density at radius 3 is 2.67 bits per heavy atom. The fourth-order valence-corrected chi connectivity index (χ4v) is 1.49. The Kier molecular flexibility index (Phi) is 3.42. The van der Waals surface area contributed by atoms with Crippen molar-refractivity contribution in [1.82, 2.24) is 20.3 Å². The van der Waals surface area contributed by atoms with Crippen LogP contribution in [0.5, 0.6) is 11.5 Å². The molecular formula is C11H12N4O3. The molecule has 0 fully saturated rings. The number of benzene rings is 1. The lowest BCUT2D eigenvalue weighted by molar-refractivity contribution is 0.0946. The predicted molar refractivity (Wildman–Crippen MR) is 62.1 cm³/mol. The molecular weight excluding hydrogens is 236 g/mol. The molecule has 1 aromatic heterocycles. The van der Waals surface area contributed by atoms with Crippen molar-refractivity contribution in [2.75, 3.05) is 6.54 Å². The third-order valence-electron chi connectivity index (χ3n) is 2.35. The number of aromatic nitrogens is 3. The first-order chi connectivity index (χ1) is 8.68. The van der Waals surface area contributed by atoms with Crippen LogP contribution in [0.3, 0.4) is 0 Å². The highest BCUT2D eigenvalue weighted by atomic mass is 16.3. The molecule has 2 aromatic rings. The first-order valence-corrected chi connectivity index (χ1v) is 5.31. The van der Waals surface area contributed by atoms with E-state index >= 15 is 0 Å². The van der Waals surface area contributed by atoms with Gasteiger partial charge in [0.1, 0.15) is 17.1 Å². The molecule has 2 rings (SSSR count). The summed E-state index contributed by atoms with van der Waals surface area (Å²) in [5, 5.41) is 28.9. The Balaban J connectivity index is 1.96. The third kappa shape index (κ3) is 2.57. The molecule has 0 aliphatic rings. The summed E-state index contributed by atoms with van der Waals surface area (Å²) in [7, 11) is 0. The minimum atomic E-state index is -0.536. The number of rotatable bonds is 4. The maximum absolute atomic E-state index is 11.7. The van der Waals surface area contributed by atoms with Gasteiger partial charge in [-0.15, -0.1) is 5.10 Å². The second-order valence-electron chi connectivity index (χ2n) is 3.59. The second kappa shape index (κ2) is 5.17. The van der Waals surface area contributed by atoms with Crippen LogP contribution in [0.2, 0.25) is 0 Å². The number of nitrogens with zero attached hydrogens (tertiary/aromatic N) is 3. The normalized spacial score (nSPS) is 10.2. The van der Waals surface area contributed by atoms with Crippen molar-refractivity contribution in [3.63, 3.8) is 0 Å². The number of carbonyl (C=O) groups is 1. The largest absolute Gasteiger partial charge is 0.507 e. The Morgan fingerprint density at radius 2 is 2.06 bits per heavy atom. The van der Waals surface area contributed by atoms with Crippen molar-refractivity contribution in [2.45, 2.75) is 6.54 Å². The molecule has 0 bridgehead atoms. The summed E-state index contributed by atoms with van der Waals surface area (Å²) < 4.78 is 1.56. The van der Waals surface area contributed by atoms with Crippen LogP contribution in [-0.4, -0.2) is 37.7 Å². The molecule has 3 N–H and O–H groups in total. The molecule has 0 saturated carbocycles. The van der Waals surface area contributed by atoms with Crippen LogP contribution in [0, 0.1) is 0 Å². The van der Waals surface area contributed by atoms with Crippen LogP contribution in [-0.2, 0) is 6.54 Å². The molecule has 1 amide bonds. The summed E-state index contributed by atoms with van der Waals surface area (Å²) in [6, 6.07) is 4.13. The Labute approximate surface area is 103 Å². The van der Waals surface area contributed by atoms with E-state index in [0.717, 1.165) is 0 Å². The first kappa shape index (κ1) is 11.9. The molecule has 1 heterocycles. The molecule has 0 saturated heterocycles. The van der Waals surface area contributed by atoms with Gasteiger partial charge in [-0.2, -0.15) is 0 Å². The molecule has 94 valence electrons. The summed E-state index contributed by atoms with van der Waals surface area (Å²) in [4.78, 5) is 11.7. The van der Waals surface area contributed by atoms with Gasteiger partial charge < -0.3 is 15.5 Å². The minimum absolute atomic E-state index is 0.129. The molecule has 0 atom stereocenters. The van der Waals surface area contributed by atoms with Gasteiger partial charge >= 0.3 is 0 Å². The molecule has 7 heteroatoms. The SMILES string of the molecule is O=C(NCCn1ccnn1)c1c(O)cccc1O. The maximum Gasteiger partial charge on any atom is 0.258 e. The van der Waals surface area contributed by atoms with Crippen LogP contribution in [0.1, 0.15) is 10.4 Å². The van der Waals surface area contributed by atoms with Gasteiger partial charge in [-0.1, -0.05) is 11.3 Å². The quantitative estimate of drug-likeness (QED) is 0.713. The van der Waals surface area contributed by atoms with Crippen LogP contribution in [0.15, 0.2) is 30.6 Å². The predicted octanol–water partition coefficient (Wildman–Crippen LogP) is 0.119. The number of carbonyl (C=O) groups excluding carboxylic acids is 1. The molecule has 0 radical (unpaired) electrons. The van der Waals surface area contributed by atoms with Gasteiger partial charge in [-0.05, 0) is 12.1 Å². The number of hydrogen-bond acceptors (Lipinski definition) is 5. The zero-order valence-electron chi connectivity index (χ0n) is 9.45. The highest BCUT2D eigenvalue weighted by molar-refractivity contribution is 5.99. The van der Waals surface area contributed by atoms with Gasteiger partial charge in [0.2, 0.25) is 0 Å². The summed E-state index contributed by atoms with van der Waals surface area (Å²) in [6.45, 7) is 0.774. The van der Waals surface area contributed by atoms with E-state index in [0.29, 0.717) is 13.1 Å². The smallest absolute Gasteiger partial charge is 0.258 e. The van der Waals surface area contributed by atoms with E-state index in [4.69, 9.17) is 0 Å². The van der Waals surface area contributed by atoms with Crippen molar-refractivity contribution in [2.24, 2.45) is 0 Å². The molecule has 0 aliphatic carbocycles. The van der Waals surface area contributed by atoms with Crippen LogP contribution in [0.4, 0.5) is 0 Å². The first-order valence-electron chi connectivity index (χ1n) is 5.31. The van der Waals surface area contributed by atoms with Crippen LogP contribution < -0.4 is 5.32 Å². The number of phenolic OH excluding ortho intramolecular Hbond substituents is 2. The third-order valence-corrected chi connectivity index (χ3v) is 2.35. The van der Waals surface area contributed by atoms with Gasteiger partial charge in [0, 0.05) is 12.7 Å². The average Bonchev–Trinajstić information content (AvgIpc) is 2.82. The molecule has 0 unspecified atom stereocenters. The van der Waals surface area contributed by atoms with Gasteiger partial charge in [-0.3, -0.25) is 9.48 Å². The van der Waals surface area contributed by atoms with E-state index in [1.807, 2.05) is 0 Å². The van der Waals surface area contributed by atoms with Gasteiger partial charge in [-0.25, -0.2) is 0 Å². The number of nitrogens with one attached hydrogen (secondary N) is 1. The lowest BCUT2D eigenvalue weighted by Gasteiger charge is -2.08. The van der Waals surface area contributed by atoms with Crippen molar-refractivity contribution in [3.05, 3.63) is 36.2 Å². The Hall–Kier alpha value is -2.57. The van der Waals surface area contributed by atoms with Crippen LogP contribution >= 0.6 is 0 Å². The lowest BCUT2D eigenvalue weighted by Crippen LogP contribution is -2.27. The minimum Gasteiger partial charge on any atom is -0.507 e. The Morgan fingerprint density at radius 1 is 1.33 bits per heavy atom. The van der Waals surface area contributed by atoms with Crippen molar-refractivity contribution >= 4 is 5.91 Å². The zero-order chi connectivity index (χ0) is 13.0. The van der Waals surface area contributed by atoms with Crippen molar-refractivity contribution in [3.8, 4) is 11.5 Å². The lowest BCUT2D eigenvalue weighted by atomic mass is 10.1. The van der Waals surface area contributed by atoms with E-state index in [1.165, 1.54) is 24.4 Å². The monoisotopic (exact) mass is 248 g/mol. The van der Waals surface area contributed by atoms with E-state index in [-0.39, 0.29) is 17.1 Å². The summed E-state index contributed by atoms with van der Waals surface area (Å²) in [5.41, 5.74) is -0.129. The highest BCUT2D eigenvalue weighted by Crippen LogP contribution is 2.25. The fraction of sp³-hybridized carbons (Fsp3) is 0.182. The number of amides is 1. The summed E-state index contributed by atoms with van der Waals surface area (Å²) >= 11 is 0. The van der Waals surface area contributed by atoms with Crippen molar-refractivity contribution < 1.29 is 15.0 Å². The standard InChI is InChI=1S/C11H12N4O3/c16-8-2-1-3-9(17)10(8)11(18)12-4-6-15-7-5-13-14-15/h1-3,5,7,16-17H,4,6H2,(H,12,18). The van der Waals surface area contributed by atoms with E-state index in [9.17, 15) is 15.0 Å². The molecule has 7 nitrogen and oxygen atoms in total. The van der Waals surface area contributed by atoms with E-state index in [1.54, 1.807) is 10.9 Å². The maximum atomic E-state index is 11.7. The average molecular weight is 248 g/mol. The van der Waals surface area contributed by atoms with Crippen molar-refractivity contribution in [1.29, 1.82) is 0 Å². The van der Waals surface area contributed by atoms with E-state index in [2.05, 4.69) is 15.6 Å². The molecule has 18 heavy (non-hydrogen) atoms. The number of aromatic hydroxyl groups is 2. The highest BCUT2D eigenvalue weighted by Gasteiger charge is 2.15. The van der Waals surface area contributed by atoms with Gasteiger partial charge in [0.05, 0.1) is 12.7 Å². The molecule has 0 spiro atoms. The number of phenols is 2. The topological polar surface area (TPSA) is 100 Å². The summed E-state index contributed by atoms with van der Waals surface area (Å²) in [6.07, 6.45) is 3.21. The van der Waals surface area contributed by atoms with Crippen LogP contribution in [0.25, 0.3) is 0 Å². The Bertz CT molecular complexity index is 519. The summed E-state index contributed by atoms with van der Waals surface area (Å²) in [5.74, 6) is -1.05. The molecule has 1 aromatic carbocycles. The number of hydrogen-bond donors (Lipinski definition) is 3. The van der Waals surface area contributed by atoms with Gasteiger partial charge in [0.25, 0.3) is 5.91 Å². The second-order valence-corrected chi connectivity index (χ2v) is 3.59.